The Morgan fingerprint density at radius 1 is 0.952 bits per heavy atom. The van der Waals surface area contributed by atoms with E-state index in [-0.39, 0.29) is 6.03 Å². The zero-order valence-electron chi connectivity index (χ0n) is 12.0. The number of urea groups is 1. The van der Waals surface area contributed by atoms with Crippen LogP contribution in [0.25, 0.3) is 0 Å². The van der Waals surface area contributed by atoms with E-state index >= 15 is 0 Å². The molecule has 2 rings (SSSR count). The Morgan fingerprint density at radius 3 is 1.90 bits per heavy atom. The highest BCUT2D eigenvalue weighted by Gasteiger charge is 2.05. The van der Waals surface area contributed by atoms with Gasteiger partial charge in [-0.25, -0.2) is 4.79 Å². The molecular formula is C16H18IN3O. The fourth-order valence-electron chi connectivity index (χ4n) is 1.85. The van der Waals surface area contributed by atoms with Crippen LogP contribution < -0.4 is 16.0 Å². The van der Waals surface area contributed by atoms with Crippen LogP contribution in [0.1, 0.15) is 18.5 Å². The van der Waals surface area contributed by atoms with Crippen molar-refractivity contribution in [2.24, 2.45) is 0 Å². The van der Waals surface area contributed by atoms with Crippen molar-refractivity contribution in [3.8, 4) is 0 Å². The zero-order chi connectivity index (χ0) is 15.2. The molecule has 2 aromatic carbocycles. The number of anilines is 2. The minimum atomic E-state index is -0.245. The van der Waals surface area contributed by atoms with Crippen molar-refractivity contribution in [3.63, 3.8) is 0 Å². The van der Waals surface area contributed by atoms with Gasteiger partial charge in [0.1, 0.15) is 0 Å². The highest BCUT2D eigenvalue weighted by atomic mass is 127. The first-order valence-corrected chi connectivity index (χ1v) is 7.77. The van der Waals surface area contributed by atoms with Crippen molar-refractivity contribution < 1.29 is 4.79 Å². The molecule has 0 spiro atoms. The van der Waals surface area contributed by atoms with Gasteiger partial charge in [-0.1, -0.05) is 12.1 Å². The Kier molecular flexibility index (Phi) is 5.58. The highest BCUT2D eigenvalue weighted by molar-refractivity contribution is 14.1. The van der Waals surface area contributed by atoms with Crippen LogP contribution in [0, 0.1) is 3.57 Å². The van der Waals surface area contributed by atoms with Crippen molar-refractivity contribution >= 4 is 40.0 Å². The Morgan fingerprint density at radius 2 is 1.43 bits per heavy atom. The van der Waals surface area contributed by atoms with E-state index in [0.29, 0.717) is 6.04 Å². The van der Waals surface area contributed by atoms with E-state index in [1.54, 1.807) is 0 Å². The topological polar surface area (TPSA) is 53.2 Å². The van der Waals surface area contributed by atoms with Gasteiger partial charge in [-0.15, -0.1) is 0 Å². The number of carbonyl (C=O) groups excluding carboxylic acids is 1. The molecule has 0 saturated carbocycles. The van der Waals surface area contributed by atoms with Gasteiger partial charge in [0.2, 0.25) is 0 Å². The average molecular weight is 395 g/mol. The summed E-state index contributed by atoms with van der Waals surface area (Å²) < 4.78 is 1.13. The quantitative estimate of drug-likeness (QED) is 0.680. The first-order chi connectivity index (χ1) is 10.1. The van der Waals surface area contributed by atoms with Crippen LogP contribution in [-0.2, 0) is 0 Å². The third kappa shape index (κ3) is 4.71. The lowest BCUT2D eigenvalue weighted by atomic mass is 10.1. The fourth-order valence-corrected chi connectivity index (χ4v) is 2.21. The number of amides is 2. The smallest absolute Gasteiger partial charge is 0.313 e. The van der Waals surface area contributed by atoms with E-state index in [0.717, 1.165) is 14.9 Å². The number of halogens is 1. The molecule has 2 aromatic rings. The molecule has 21 heavy (non-hydrogen) atoms. The molecule has 0 aliphatic heterocycles. The monoisotopic (exact) mass is 395 g/mol. The highest BCUT2D eigenvalue weighted by Crippen LogP contribution is 2.16. The van der Waals surface area contributed by atoms with Crippen molar-refractivity contribution in [2.45, 2.75) is 13.0 Å². The molecule has 4 nitrogen and oxygen atoms in total. The standard InChI is InChI=1S/C16H18IN3O/c1-11(18-2)12-3-7-14(8-4-12)19-16(21)20-15-9-5-13(17)6-10-15/h3-11,18H,1-2H3,(H2,19,20,21). The molecule has 0 saturated heterocycles. The third-order valence-corrected chi connectivity index (χ3v) is 3.92. The predicted octanol–water partition coefficient (Wildman–Crippen LogP) is 4.22. The first-order valence-electron chi connectivity index (χ1n) is 6.69. The molecule has 0 aromatic heterocycles. The summed E-state index contributed by atoms with van der Waals surface area (Å²) in [6, 6.07) is 15.5. The van der Waals surface area contributed by atoms with Gasteiger partial charge in [0, 0.05) is 21.0 Å². The van der Waals surface area contributed by atoms with Gasteiger partial charge in [-0.3, -0.25) is 0 Å². The molecule has 0 heterocycles. The molecule has 0 radical (unpaired) electrons. The van der Waals surface area contributed by atoms with E-state index in [1.165, 1.54) is 5.56 Å². The summed E-state index contributed by atoms with van der Waals surface area (Å²) in [5.41, 5.74) is 2.72. The van der Waals surface area contributed by atoms with Gasteiger partial charge >= 0.3 is 6.03 Å². The summed E-state index contributed by atoms with van der Waals surface area (Å²) in [6.07, 6.45) is 0. The molecule has 2 amide bonds. The van der Waals surface area contributed by atoms with Gasteiger partial charge in [0.25, 0.3) is 0 Å². The van der Waals surface area contributed by atoms with E-state index < -0.39 is 0 Å². The Labute approximate surface area is 138 Å². The summed E-state index contributed by atoms with van der Waals surface area (Å²) in [4.78, 5) is 11.9. The van der Waals surface area contributed by atoms with Crippen molar-refractivity contribution in [1.29, 1.82) is 0 Å². The van der Waals surface area contributed by atoms with Crippen LogP contribution in [0.2, 0.25) is 0 Å². The van der Waals surface area contributed by atoms with Crippen molar-refractivity contribution in [3.05, 3.63) is 57.7 Å². The van der Waals surface area contributed by atoms with Crippen LogP contribution in [0.4, 0.5) is 16.2 Å². The molecule has 1 unspecified atom stereocenters. The number of benzene rings is 2. The second-order valence-electron chi connectivity index (χ2n) is 4.72. The lowest BCUT2D eigenvalue weighted by Gasteiger charge is -2.12. The predicted molar refractivity (Wildman–Crippen MR) is 95.7 cm³/mol. The average Bonchev–Trinajstić information content (AvgIpc) is 2.49. The number of carbonyl (C=O) groups is 1. The molecule has 0 fully saturated rings. The number of rotatable bonds is 4. The maximum atomic E-state index is 11.9. The van der Waals surface area contributed by atoms with Crippen LogP contribution in [0.5, 0.6) is 0 Å². The normalized spacial score (nSPS) is 11.8. The molecular weight excluding hydrogens is 377 g/mol. The summed E-state index contributed by atoms with van der Waals surface area (Å²) in [5.74, 6) is 0. The number of hydrogen-bond acceptors (Lipinski definition) is 2. The molecule has 110 valence electrons. The maximum Gasteiger partial charge on any atom is 0.323 e. The van der Waals surface area contributed by atoms with Crippen LogP contribution >= 0.6 is 22.6 Å². The Bertz CT molecular complexity index is 596. The largest absolute Gasteiger partial charge is 0.323 e. The van der Waals surface area contributed by atoms with Gasteiger partial charge < -0.3 is 16.0 Å². The van der Waals surface area contributed by atoms with E-state index in [4.69, 9.17) is 0 Å². The molecule has 0 aliphatic rings. The molecule has 1 atom stereocenters. The summed E-state index contributed by atoms with van der Waals surface area (Å²) >= 11 is 2.23. The lowest BCUT2D eigenvalue weighted by Crippen LogP contribution is -2.19. The van der Waals surface area contributed by atoms with E-state index in [1.807, 2.05) is 55.6 Å². The van der Waals surface area contributed by atoms with Crippen LogP contribution in [0.3, 0.4) is 0 Å². The van der Waals surface area contributed by atoms with Gasteiger partial charge in [0.05, 0.1) is 0 Å². The van der Waals surface area contributed by atoms with E-state index in [2.05, 4.69) is 45.5 Å². The number of nitrogens with one attached hydrogen (secondary N) is 3. The minimum Gasteiger partial charge on any atom is -0.313 e. The van der Waals surface area contributed by atoms with E-state index in [9.17, 15) is 4.79 Å². The Hall–Kier alpha value is -1.60. The van der Waals surface area contributed by atoms with Gasteiger partial charge in [-0.05, 0) is 78.5 Å². The second-order valence-corrected chi connectivity index (χ2v) is 5.96. The summed E-state index contributed by atoms with van der Waals surface area (Å²) in [5, 5.41) is 8.80. The minimum absolute atomic E-state index is 0.245. The Balaban J connectivity index is 1.94. The maximum absolute atomic E-state index is 11.9. The second kappa shape index (κ2) is 7.42. The van der Waals surface area contributed by atoms with Crippen LogP contribution in [0.15, 0.2) is 48.5 Å². The zero-order valence-corrected chi connectivity index (χ0v) is 14.1. The molecule has 5 heteroatoms. The van der Waals surface area contributed by atoms with Gasteiger partial charge in [0.15, 0.2) is 0 Å². The SMILES string of the molecule is CNC(C)c1ccc(NC(=O)Nc2ccc(I)cc2)cc1. The lowest BCUT2D eigenvalue weighted by molar-refractivity contribution is 0.262. The first kappa shape index (κ1) is 15.8. The number of hydrogen-bond donors (Lipinski definition) is 3. The van der Waals surface area contributed by atoms with Crippen molar-refractivity contribution in [2.75, 3.05) is 17.7 Å². The van der Waals surface area contributed by atoms with Gasteiger partial charge in [-0.2, -0.15) is 0 Å². The van der Waals surface area contributed by atoms with Crippen molar-refractivity contribution in [1.82, 2.24) is 5.32 Å². The summed E-state index contributed by atoms with van der Waals surface area (Å²) in [6.45, 7) is 2.09. The molecule has 3 N–H and O–H groups in total. The van der Waals surface area contributed by atoms with Crippen LogP contribution in [-0.4, -0.2) is 13.1 Å². The molecule has 0 aliphatic carbocycles. The third-order valence-electron chi connectivity index (χ3n) is 3.20. The molecule has 0 bridgehead atoms. The fraction of sp³-hybridized carbons (Fsp3) is 0.188. The summed E-state index contributed by atoms with van der Waals surface area (Å²) in [7, 11) is 1.92.